The molecule has 10 heavy (non-hydrogen) atoms. The summed E-state index contributed by atoms with van der Waals surface area (Å²) in [7, 11) is 1.34. The zero-order valence-corrected chi connectivity index (χ0v) is 6.09. The van der Waals surface area contributed by atoms with Crippen LogP contribution in [0, 0.1) is 5.92 Å². The SMILES string of the molecule is COC(=O)C([NH])C1CCC1. The minimum atomic E-state index is -0.626. The fraction of sp³-hybridized carbons (Fsp3) is 0.857. The first-order valence-electron chi connectivity index (χ1n) is 3.54. The maximum atomic E-state index is 10.7. The van der Waals surface area contributed by atoms with Crippen LogP contribution in [-0.4, -0.2) is 19.1 Å². The number of ether oxygens (including phenoxy) is 1. The van der Waals surface area contributed by atoms with Crippen molar-refractivity contribution in [3.63, 3.8) is 0 Å². The Kier molecular flexibility index (Phi) is 2.27. The highest BCUT2D eigenvalue weighted by Crippen LogP contribution is 2.29. The van der Waals surface area contributed by atoms with E-state index in [1.807, 2.05) is 0 Å². The molecule has 0 aromatic carbocycles. The van der Waals surface area contributed by atoms with Gasteiger partial charge in [0.25, 0.3) is 0 Å². The Labute approximate surface area is 60.5 Å². The lowest BCUT2D eigenvalue weighted by Gasteiger charge is -2.28. The third kappa shape index (κ3) is 1.29. The van der Waals surface area contributed by atoms with E-state index in [0.717, 1.165) is 19.3 Å². The summed E-state index contributed by atoms with van der Waals surface area (Å²) in [6.45, 7) is 0. The number of esters is 1. The van der Waals surface area contributed by atoms with Crippen LogP contribution in [0.15, 0.2) is 0 Å². The number of rotatable bonds is 2. The van der Waals surface area contributed by atoms with Crippen LogP contribution in [-0.2, 0) is 9.53 Å². The van der Waals surface area contributed by atoms with Crippen LogP contribution < -0.4 is 5.73 Å². The van der Waals surface area contributed by atoms with E-state index in [2.05, 4.69) is 4.74 Å². The average molecular weight is 142 g/mol. The van der Waals surface area contributed by atoms with Gasteiger partial charge in [0.15, 0.2) is 0 Å². The van der Waals surface area contributed by atoms with Gasteiger partial charge in [0.05, 0.1) is 7.11 Å². The lowest BCUT2D eigenvalue weighted by molar-refractivity contribution is -0.144. The predicted molar refractivity (Wildman–Crippen MR) is 36.2 cm³/mol. The third-order valence-corrected chi connectivity index (χ3v) is 2.08. The van der Waals surface area contributed by atoms with E-state index in [0.29, 0.717) is 0 Å². The fourth-order valence-corrected chi connectivity index (χ4v) is 1.09. The molecular weight excluding hydrogens is 130 g/mol. The highest BCUT2D eigenvalue weighted by molar-refractivity contribution is 5.75. The van der Waals surface area contributed by atoms with E-state index in [-0.39, 0.29) is 11.9 Å². The Bertz CT molecular complexity index is 132. The van der Waals surface area contributed by atoms with Crippen molar-refractivity contribution in [3.05, 3.63) is 0 Å². The third-order valence-electron chi connectivity index (χ3n) is 2.08. The smallest absolute Gasteiger partial charge is 0.324 e. The lowest BCUT2D eigenvalue weighted by Crippen LogP contribution is -2.35. The van der Waals surface area contributed by atoms with Crippen molar-refractivity contribution in [1.82, 2.24) is 5.73 Å². The molecular formula is C7H12NO2. The van der Waals surface area contributed by atoms with Gasteiger partial charge in [0, 0.05) is 0 Å². The van der Waals surface area contributed by atoms with Crippen LogP contribution in [0.2, 0.25) is 0 Å². The molecule has 0 aromatic heterocycles. The van der Waals surface area contributed by atoms with Crippen molar-refractivity contribution in [2.24, 2.45) is 5.92 Å². The van der Waals surface area contributed by atoms with E-state index in [1.54, 1.807) is 0 Å². The quantitative estimate of drug-likeness (QED) is 0.530. The van der Waals surface area contributed by atoms with E-state index in [1.165, 1.54) is 7.11 Å². The Balaban J connectivity index is 2.31. The summed E-state index contributed by atoms with van der Waals surface area (Å²) < 4.78 is 4.44. The first-order chi connectivity index (χ1) is 4.75. The summed E-state index contributed by atoms with van der Waals surface area (Å²) in [6, 6.07) is -0.626. The Morgan fingerprint density at radius 2 is 2.30 bits per heavy atom. The molecule has 0 aliphatic heterocycles. The molecule has 1 N–H and O–H groups in total. The highest BCUT2D eigenvalue weighted by atomic mass is 16.5. The van der Waals surface area contributed by atoms with Crippen LogP contribution in [0.25, 0.3) is 0 Å². The highest BCUT2D eigenvalue weighted by Gasteiger charge is 2.30. The second-order valence-corrected chi connectivity index (χ2v) is 2.69. The Morgan fingerprint density at radius 1 is 1.70 bits per heavy atom. The zero-order valence-electron chi connectivity index (χ0n) is 6.09. The number of carbonyl (C=O) groups is 1. The number of carbonyl (C=O) groups excluding carboxylic acids is 1. The standard InChI is InChI=1S/C7H12NO2/c1-10-7(9)6(8)5-3-2-4-5/h5-6,8H,2-4H2,1H3. The summed E-state index contributed by atoms with van der Waals surface area (Å²) in [5.74, 6) is -0.114. The van der Waals surface area contributed by atoms with Crippen molar-refractivity contribution in [2.75, 3.05) is 7.11 Å². The normalized spacial score (nSPS) is 21.4. The summed E-state index contributed by atoms with van der Waals surface area (Å²) in [5, 5.41) is 0. The zero-order chi connectivity index (χ0) is 7.56. The van der Waals surface area contributed by atoms with Crippen LogP contribution in [0.3, 0.4) is 0 Å². The molecule has 1 aliphatic rings. The molecule has 3 nitrogen and oxygen atoms in total. The van der Waals surface area contributed by atoms with Crippen molar-refractivity contribution in [2.45, 2.75) is 25.3 Å². The molecule has 1 radical (unpaired) electrons. The molecule has 1 aliphatic carbocycles. The predicted octanol–water partition coefficient (Wildman–Crippen LogP) is 0.611. The molecule has 0 spiro atoms. The summed E-state index contributed by atoms with van der Waals surface area (Å²) >= 11 is 0. The average Bonchev–Trinajstić information content (AvgIpc) is 1.82. The maximum Gasteiger partial charge on any atom is 0.324 e. The second kappa shape index (κ2) is 3.01. The Morgan fingerprint density at radius 3 is 2.60 bits per heavy atom. The molecule has 1 atom stereocenters. The van der Waals surface area contributed by atoms with Gasteiger partial charge >= 0.3 is 5.97 Å². The number of nitrogens with one attached hydrogen (secondary N) is 1. The minimum Gasteiger partial charge on any atom is -0.468 e. The second-order valence-electron chi connectivity index (χ2n) is 2.69. The van der Waals surface area contributed by atoms with Gasteiger partial charge in [-0.15, -0.1) is 0 Å². The number of hydrogen-bond donors (Lipinski definition) is 0. The molecule has 57 valence electrons. The summed E-state index contributed by atoms with van der Waals surface area (Å²) in [5.41, 5.74) is 7.36. The molecule has 0 saturated heterocycles. The van der Waals surface area contributed by atoms with E-state index in [9.17, 15) is 4.79 Å². The van der Waals surface area contributed by atoms with Gasteiger partial charge < -0.3 is 4.74 Å². The molecule has 1 fully saturated rings. The van der Waals surface area contributed by atoms with Gasteiger partial charge in [0.2, 0.25) is 0 Å². The monoisotopic (exact) mass is 142 g/mol. The molecule has 0 aromatic rings. The Hall–Kier alpha value is -0.570. The first-order valence-corrected chi connectivity index (χ1v) is 3.54. The van der Waals surface area contributed by atoms with Crippen molar-refractivity contribution in [3.8, 4) is 0 Å². The maximum absolute atomic E-state index is 10.7. The number of hydrogen-bond acceptors (Lipinski definition) is 2. The van der Waals surface area contributed by atoms with Crippen molar-refractivity contribution >= 4 is 5.97 Å². The van der Waals surface area contributed by atoms with Gasteiger partial charge in [-0.25, -0.2) is 5.73 Å². The topological polar surface area (TPSA) is 50.1 Å². The molecule has 1 saturated carbocycles. The van der Waals surface area contributed by atoms with E-state index in [4.69, 9.17) is 5.73 Å². The molecule has 0 bridgehead atoms. The van der Waals surface area contributed by atoms with Gasteiger partial charge in [-0.2, -0.15) is 0 Å². The number of methoxy groups -OCH3 is 1. The van der Waals surface area contributed by atoms with Gasteiger partial charge in [0.1, 0.15) is 6.04 Å². The van der Waals surface area contributed by atoms with E-state index < -0.39 is 6.04 Å². The first kappa shape index (κ1) is 7.54. The van der Waals surface area contributed by atoms with Gasteiger partial charge in [-0.3, -0.25) is 4.79 Å². The molecule has 1 unspecified atom stereocenters. The molecule has 1 rings (SSSR count). The van der Waals surface area contributed by atoms with Gasteiger partial charge in [-0.1, -0.05) is 6.42 Å². The van der Waals surface area contributed by atoms with Crippen LogP contribution in [0.5, 0.6) is 0 Å². The fourth-order valence-electron chi connectivity index (χ4n) is 1.09. The van der Waals surface area contributed by atoms with Crippen molar-refractivity contribution in [1.29, 1.82) is 0 Å². The van der Waals surface area contributed by atoms with Gasteiger partial charge in [-0.05, 0) is 18.8 Å². The molecule has 0 amide bonds. The van der Waals surface area contributed by atoms with Crippen LogP contribution >= 0.6 is 0 Å². The van der Waals surface area contributed by atoms with Crippen LogP contribution in [0.1, 0.15) is 19.3 Å². The van der Waals surface area contributed by atoms with Crippen LogP contribution in [0.4, 0.5) is 0 Å². The summed E-state index contributed by atoms with van der Waals surface area (Å²) in [4.78, 5) is 10.7. The minimum absolute atomic E-state index is 0.271. The molecule has 0 heterocycles. The lowest BCUT2D eigenvalue weighted by atomic mass is 9.80. The largest absolute Gasteiger partial charge is 0.468 e. The van der Waals surface area contributed by atoms with Crippen molar-refractivity contribution < 1.29 is 9.53 Å². The van der Waals surface area contributed by atoms with E-state index >= 15 is 0 Å². The molecule has 3 heteroatoms. The summed E-state index contributed by atoms with van der Waals surface area (Å²) in [6.07, 6.45) is 3.20.